The first-order valence-corrected chi connectivity index (χ1v) is 23.3. The van der Waals surface area contributed by atoms with Crippen LogP contribution in [0.25, 0.3) is 76.8 Å². The van der Waals surface area contributed by atoms with Crippen molar-refractivity contribution in [2.24, 2.45) is 0 Å². The topological polar surface area (TPSA) is 0 Å². The lowest BCUT2D eigenvalue weighted by Gasteiger charge is -2.27. The Morgan fingerprint density at radius 3 is 0.774 bits per heavy atom. The lowest BCUT2D eigenvalue weighted by molar-refractivity contribution is 0.590. The molecule has 0 spiro atoms. The minimum Gasteiger partial charge on any atom is -0.0587 e. The lowest BCUT2D eigenvalue weighted by Crippen LogP contribution is -2.10. The fourth-order valence-electron chi connectivity index (χ4n) is 9.52. The highest BCUT2D eigenvalue weighted by Crippen LogP contribution is 2.54. The Hall–Kier alpha value is -5.46. The van der Waals surface area contributed by atoms with Gasteiger partial charge in [0.15, 0.2) is 0 Å². The van der Waals surface area contributed by atoms with Crippen molar-refractivity contribution in [1.82, 2.24) is 0 Å². The van der Waals surface area contributed by atoms with Gasteiger partial charge in [0, 0.05) is 0 Å². The van der Waals surface area contributed by atoms with Crippen LogP contribution >= 0.6 is 0 Å². The van der Waals surface area contributed by atoms with Crippen molar-refractivity contribution in [3.8, 4) is 44.5 Å². The molecule has 0 saturated heterocycles. The second-order valence-electron chi connectivity index (χ2n) is 21.4. The third kappa shape index (κ3) is 7.92. The minimum absolute atomic E-state index is 0.0412. The SMILES string of the molecule is CC(C)c1ccc(-c2c3ccc(C(C)C)cc3c(-c3ccc(C(C)(C)C)cc3)c3c(-c4ccc(C(C)C)cc4)c4ccc(C(C)C)cc4c(-c4ccc(C(C)(C)C)cc4)c23)cc1. The van der Waals surface area contributed by atoms with Gasteiger partial charge in [-0.3, -0.25) is 0 Å². The van der Waals surface area contributed by atoms with Gasteiger partial charge in [0.05, 0.1) is 0 Å². The predicted octanol–water partition coefficient (Wildman–Crippen LogP) is 18.9. The summed E-state index contributed by atoms with van der Waals surface area (Å²) in [5.41, 5.74) is 18.4. The summed E-state index contributed by atoms with van der Waals surface area (Å²) in [7, 11) is 0. The molecule has 0 aliphatic heterocycles. The van der Waals surface area contributed by atoms with E-state index < -0.39 is 0 Å². The van der Waals surface area contributed by atoms with Crippen LogP contribution in [0.4, 0.5) is 0 Å². The van der Waals surface area contributed by atoms with E-state index in [2.05, 4.69) is 230 Å². The zero-order valence-corrected chi connectivity index (χ0v) is 40.0. The van der Waals surface area contributed by atoms with Gasteiger partial charge in [0.25, 0.3) is 0 Å². The summed E-state index contributed by atoms with van der Waals surface area (Å²) in [5.74, 6) is 1.65. The van der Waals surface area contributed by atoms with Crippen LogP contribution in [0.2, 0.25) is 0 Å². The Balaban J connectivity index is 1.71. The highest BCUT2D eigenvalue weighted by Gasteiger charge is 2.28. The first kappa shape index (κ1) is 43.2. The zero-order chi connectivity index (χ0) is 44.4. The normalized spacial score (nSPS) is 12.6. The summed E-state index contributed by atoms with van der Waals surface area (Å²) >= 11 is 0. The fraction of sp³-hybridized carbons (Fsp3) is 0.323. The molecule has 0 aromatic heterocycles. The van der Waals surface area contributed by atoms with E-state index in [1.54, 1.807) is 0 Å². The Morgan fingerprint density at radius 1 is 0.274 bits per heavy atom. The molecule has 62 heavy (non-hydrogen) atoms. The molecule has 0 aliphatic carbocycles. The van der Waals surface area contributed by atoms with Crippen LogP contribution in [-0.4, -0.2) is 0 Å². The predicted molar refractivity (Wildman–Crippen MR) is 274 cm³/mol. The van der Waals surface area contributed by atoms with Crippen molar-refractivity contribution in [1.29, 1.82) is 0 Å². The number of hydrogen-bond acceptors (Lipinski definition) is 0. The number of benzene rings is 8. The van der Waals surface area contributed by atoms with Gasteiger partial charge < -0.3 is 0 Å². The van der Waals surface area contributed by atoms with Gasteiger partial charge in [0.2, 0.25) is 0 Å². The lowest BCUT2D eigenvalue weighted by atomic mass is 9.76. The highest BCUT2D eigenvalue weighted by atomic mass is 14.3. The summed E-state index contributed by atoms with van der Waals surface area (Å²) in [6.45, 7) is 32.4. The Kier molecular flexibility index (Phi) is 11.4. The molecule has 0 atom stereocenters. The molecular weight excluding hydrogens is 745 g/mol. The molecule has 8 aromatic rings. The molecule has 0 unspecified atom stereocenters. The van der Waals surface area contributed by atoms with Crippen LogP contribution in [0.3, 0.4) is 0 Å². The average Bonchev–Trinajstić information content (AvgIpc) is 3.24. The van der Waals surface area contributed by atoms with Gasteiger partial charge >= 0.3 is 0 Å². The Morgan fingerprint density at radius 2 is 0.516 bits per heavy atom. The van der Waals surface area contributed by atoms with E-state index in [-0.39, 0.29) is 10.8 Å². The maximum absolute atomic E-state index is 2.52. The first-order chi connectivity index (χ1) is 29.3. The van der Waals surface area contributed by atoms with Crippen LogP contribution in [-0.2, 0) is 10.8 Å². The van der Waals surface area contributed by atoms with E-state index in [0.29, 0.717) is 23.7 Å². The van der Waals surface area contributed by atoms with Gasteiger partial charge in [-0.15, -0.1) is 0 Å². The van der Waals surface area contributed by atoms with Gasteiger partial charge in [-0.1, -0.05) is 230 Å². The zero-order valence-electron chi connectivity index (χ0n) is 40.0. The molecule has 8 aromatic carbocycles. The van der Waals surface area contributed by atoms with E-state index in [1.807, 2.05) is 0 Å². The third-order valence-electron chi connectivity index (χ3n) is 13.6. The molecule has 316 valence electrons. The van der Waals surface area contributed by atoms with Crippen molar-refractivity contribution in [3.05, 3.63) is 167 Å². The summed E-state index contributed by atoms with van der Waals surface area (Å²) in [5, 5.41) is 7.85. The molecule has 0 N–H and O–H groups in total. The average molecular weight is 813 g/mol. The molecule has 0 aliphatic rings. The summed E-state index contributed by atoms with van der Waals surface area (Å²) in [6, 6.07) is 52.9. The largest absolute Gasteiger partial charge is 0.0587 e. The van der Waals surface area contributed by atoms with Crippen LogP contribution < -0.4 is 0 Å². The van der Waals surface area contributed by atoms with Gasteiger partial charge in [0.1, 0.15) is 0 Å². The Bertz CT molecular complexity index is 2690. The molecule has 0 heteroatoms. The van der Waals surface area contributed by atoms with Gasteiger partial charge in [-0.05, 0) is 145 Å². The maximum atomic E-state index is 2.52. The molecule has 0 saturated carbocycles. The van der Waals surface area contributed by atoms with E-state index in [1.165, 1.54) is 110 Å². The van der Waals surface area contributed by atoms with Crippen LogP contribution in [0.5, 0.6) is 0 Å². The number of fused-ring (bicyclic) bond motifs is 3. The molecule has 0 bridgehead atoms. The summed E-state index contributed by atoms with van der Waals surface area (Å²) in [6.07, 6.45) is 0. The second kappa shape index (κ2) is 16.3. The molecule has 0 fully saturated rings. The summed E-state index contributed by atoms with van der Waals surface area (Å²) in [4.78, 5) is 0. The van der Waals surface area contributed by atoms with Crippen LogP contribution in [0.1, 0.15) is 154 Å². The van der Waals surface area contributed by atoms with Crippen molar-refractivity contribution in [2.45, 2.75) is 131 Å². The van der Waals surface area contributed by atoms with Crippen molar-refractivity contribution >= 4 is 32.3 Å². The molecule has 0 heterocycles. The van der Waals surface area contributed by atoms with Crippen LogP contribution in [0, 0.1) is 0 Å². The fourth-order valence-corrected chi connectivity index (χ4v) is 9.52. The molecule has 0 nitrogen and oxygen atoms in total. The quantitative estimate of drug-likeness (QED) is 0.134. The monoisotopic (exact) mass is 813 g/mol. The molecule has 0 amide bonds. The minimum atomic E-state index is 0.0412. The Labute approximate surface area is 373 Å². The number of rotatable bonds is 8. The second-order valence-corrected chi connectivity index (χ2v) is 21.4. The third-order valence-corrected chi connectivity index (χ3v) is 13.6. The van der Waals surface area contributed by atoms with Gasteiger partial charge in [-0.2, -0.15) is 0 Å². The van der Waals surface area contributed by atoms with E-state index in [9.17, 15) is 0 Å². The van der Waals surface area contributed by atoms with Crippen molar-refractivity contribution < 1.29 is 0 Å². The van der Waals surface area contributed by atoms with Crippen molar-refractivity contribution in [2.75, 3.05) is 0 Å². The molecule has 8 rings (SSSR count). The standard InChI is InChI=1S/C62H68/c1-37(2)41-15-19-43(20-16-41)55-51-33-27-47(39(5)6)35-53(51)58(46-25-31-50(32-26-46)62(12,13)14)60-56(44-21-17-42(18-22-44)38(3)4)52-34-28-48(40(7)8)36-54(52)57(59(55)60)45-23-29-49(30-24-45)61(9,10)11/h15-40H,1-14H3. The van der Waals surface area contributed by atoms with Crippen LogP contribution in [0.15, 0.2) is 133 Å². The maximum Gasteiger partial charge on any atom is -0.000139 e. The van der Waals surface area contributed by atoms with E-state index in [4.69, 9.17) is 0 Å². The molecular formula is C62H68. The first-order valence-electron chi connectivity index (χ1n) is 23.3. The highest BCUT2D eigenvalue weighted by molar-refractivity contribution is 6.34. The summed E-state index contributed by atoms with van der Waals surface area (Å²) < 4.78 is 0. The smallest absolute Gasteiger partial charge is 0.000139 e. The van der Waals surface area contributed by atoms with E-state index >= 15 is 0 Å². The molecule has 0 radical (unpaired) electrons. The number of hydrogen-bond donors (Lipinski definition) is 0. The van der Waals surface area contributed by atoms with E-state index in [0.717, 1.165) is 0 Å². The van der Waals surface area contributed by atoms with Gasteiger partial charge in [-0.25, -0.2) is 0 Å². The van der Waals surface area contributed by atoms with Crippen molar-refractivity contribution in [3.63, 3.8) is 0 Å².